The van der Waals surface area contributed by atoms with Crippen molar-refractivity contribution in [2.45, 2.75) is 12.5 Å². The normalized spacial score (nSPS) is 14.8. The van der Waals surface area contributed by atoms with Crippen molar-refractivity contribution in [3.05, 3.63) is 35.9 Å². The molecule has 15 heavy (non-hydrogen) atoms. The van der Waals surface area contributed by atoms with Gasteiger partial charge in [-0.1, -0.05) is 30.3 Å². The number of guanidine groups is 1. The number of hydrogen-bond donors (Lipinski definition) is 3. The second-order valence-electron chi connectivity index (χ2n) is 3.27. The second kappa shape index (κ2) is 4.00. The molecule has 2 rings (SSSR count). The van der Waals surface area contributed by atoms with Gasteiger partial charge in [0.2, 0.25) is 5.96 Å². The molecule has 78 valence electrons. The predicted molar refractivity (Wildman–Crippen MR) is 55.3 cm³/mol. The third-order valence-corrected chi connectivity index (χ3v) is 2.08. The fourth-order valence-electron chi connectivity index (χ4n) is 1.27. The lowest BCUT2D eigenvalue weighted by Gasteiger charge is -2.05. The van der Waals surface area contributed by atoms with Crippen LogP contribution in [0.4, 0.5) is 0 Å². The standard InChI is InChI=1S/C10H11N3O2/c14-9(15)8(11-10-12-13-10)6-7-4-2-1-3-5-7/h1-5,8H,6H2,(H,14,15)(H2,11,12,13)/t8-/m1/s1. The maximum atomic E-state index is 10.9. The Morgan fingerprint density at radius 3 is 2.53 bits per heavy atom. The van der Waals surface area contributed by atoms with E-state index in [9.17, 15) is 4.79 Å². The minimum Gasteiger partial charge on any atom is -0.480 e. The second-order valence-corrected chi connectivity index (χ2v) is 3.27. The van der Waals surface area contributed by atoms with Crippen LogP contribution in [0, 0.1) is 0 Å². The van der Waals surface area contributed by atoms with Crippen molar-refractivity contribution in [2.24, 2.45) is 4.99 Å². The summed E-state index contributed by atoms with van der Waals surface area (Å²) in [6.45, 7) is 0. The number of nitrogens with one attached hydrogen (secondary N) is 2. The summed E-state index contributed by atoms with van der Waals surface area (Å²) in [7, 11) is 0. The lowest BCUT2D eigenvalue weighted by molar-refractivity contribution is -0.138. The number of hydrogen-bond acceptors (Lipinski definition) is 2. The number of benzene rings is 1. The van der Waals surface area contributed by atoms with Gasteiger partial charge in [-0.3, -0.25) is 10.9 Å². The van der Waals surface area contributed by atoms with Crippen LogP contribution in [-0.4, -0.2) is 23.1 Å². The summed E-state index contributed by atoms with van der Waals surface area (Å²) < 4.78 is 0. The van der Waals surface area contributed by atoms with Gasteiger partial charge in [0.15, 0.2) is 6.04 Å². The third kappa shape index (κ3) is 2.70. The highest BCUT2D eigenvalue weighted by atomic mass is 16.4. The molecule has 1 fully saturated rings. The highest BCUT2D eigenvalue weighted by Gasteiger charge is 2.21. The number of carboxylic acids is 1. The number of rotatable bonds is 4. The molecule has 0 radical (unpaired) electrons. The van der Waals surface area contributed by atoms with E-state index in [-0.39, 0.29) is 0 Å². The summed E-state index contributed by atoms with van der Waals surface area (Å²) in [5.74, 6) is -0.375. The molecule has 1 aromatic rings. The van der Waals surface area contributed by atoms with Crippen molar-refractivity contribution in [1.82, 2.24) is 10.9 Å². The van der Waals surface area contributed by atoms with Gasteiger partial charge in [0.1, 0.15) is 0 Å². The summed E-state index contributed by atoms with van der Waals surface area (Å²) in [6, 6.07) is 8.72. The topological polar surface area (TPSA) is 93.5 Å². The molecule has 1 aliphatic rings. The first-order valence-electron chi connectivity index (χ1n) is 4.62. The Bertz CT molecular complexity index is 383. The van der Waals surface area contributed by atoms with Crippen LogP contribution in [0.25, 0.3) is 0 Å². The maximum Gasteiger partial charge on any atom is 0.328 e. The molecule has 1 atom stereocenters. The van der Waals surface area contributed by atoms with Crippen molar-refractivity contribution in [1.29, 1.82) is 0 Å². The Kier molecular flexibility index (Phi) is 2.53. The molecular weight excluding hydrogens is 194 g/mol. The first-order valence-corrected chi connectivity index (χ1v) is 4.62. The lowest BCUT2D eigenvalue weighted by Crippen LogP contribution is -2.21. The highest BCUT2D eigenvalue weighted by Crippen LogP contribution is 2.06. The third-order valence-electron chi connectivity index (χ3n) is 2.08. The fraction of sp³-hybridized carbons (Fsp3) is 0.200. The Hall–Kier alpha value is -2.04. The largest absolute Gasteiger partial charge is 0.480 e. The van der Waals surface area contributed by atoms with Crippen LogP contribution < -0.4 is 10.9 Å². The predicted octanol–water partition coefficient (Wildman–Crippen LogP) is 0.146. The molecular formula is C10H11N3O2. The lowest BCUT2D eigenvalue weighted by atomic mass is 10.1. The smallest absolute Gasteiger partial charge is 0.328 e. The van der Waals surface area contributed by atoms with Gasteiger partial charge in [0.05, 0.1) is 0 Å². The molecule has 1 heterocycles. The molecule has 0 aliphatic carbocycles. The molecule has 0 amide bonds. The van der Waals surface area contributed by atoms with Crippen molar-refractivity contribution >= 4 is 11.9 Å². The SMILES string of the molecule is O=C(O)[C@@H](Cc1ccccc1)N=C1NN1. The molecule has 5 heteroatoms. The van der Waals surface area contributed by atoms with Crippen LogP contribution in [0.15, 0.2) is 35.3 Å². The van der Waals surface area contributed by atoms with Gasteiger partial charge in [-0.15, -0.1) is 0 Å². The quantitative estimate of drug-likeness (QED) is 0.610. The monoisotopic (exact) mass is 205 g/mol. The van der Waals surface area contributed by atoms with Crippen LogP contribution in [0.3, 0.4) is 0 Å². The van der Waals surface area contributed by atoms with E-state index in [1.807, 2.05) is 30.3 Å². The number of aliphatic carboxylic acids is 1. The van der Waals surface area contributed by atoms with Crippen molar-refractivity contribution in [3.63, 3.8) is 0 Å². The van der Waals surface area contributed by atoms with Crippen LogP contribution in [0.5, 0.6) is 0 Å². The molecule has 0 unspecified atom stereocenters. The zero-order valence-electron chi connectivity index (χ0n) is 7.97. The summed E-state index contributed by atoms with van der Waals surface area (Å²) in [5, 5.41) is 8.95. The zero-order valence-corrected chi connectivity index (χ0v) is 7.97. The van der Waals surface area contributed by atoms with E-state index >= 15 is 0 Å². The van der Waals surface area contributed by atoms with E-state index in [0.717, 1.165) is 5.56 Å². The van der Waals surface area contributed by atoms with Gasteiger partial charge in [0.25, 0.3) is 0 Å². The van der Waals surface area contributed by atoms with Gasteiger partial charge in [-0.2, -0.15) is 0 Å². The van der Waals surface area contributed by atoms with E-state index in [0.29, 0.717) is 12.4 Å². The molecule has 0 bridgehead atoms. The average Bonchev–Trinajstić information content (AvgIpc) is 3.02. The van der Waals surface area contributed by atoms with E-state index in [4.69, 9.17) is 5.11 Å². The molecule has 1 aliphatic heterocycles. The van der Waals surface area contributed by atoms with Crippen molar-refractivity contribution < 1.29 is 9.90 Å². The summed E-state index contributed by atoms with van der Waals surface area (Å²) >= 11 is 0. The van der Waals surface area contributed by atoms with Crippen LogP contribution in [-0.2, 0) is 11.2 Å². The average molecular weight is 205 g/mol. The van der Waals surface area contributed by atoms with Crippen molar-refractivity contribution in [2.75, 3.05) is 0 Å². The number of aliphatic imine (C=N–C) groups is 1. The first kappa shape index (κ1) is 9.51. The van der Waals surface area contributed by atoms with E-state index < -0.39 is 12.0 Å². The van der Waals surface area contributed by atoms with Crippen LogP contribution in [0.2, 0.25) is 0 Å². The number of hydrazine groups is 1. The van der Waals surface area contributed by atoms with Gasteiger partial charge in [-0.25, -0.2) is 9.79 Å². The molecule has 5 nitrogen and oxygen atoms in total. The molecule has 1 aromatic carbocycles. The first-order chi connectivity index (χ1) is 7.25. The minimum absolute atomic E-state index is 0.406. The van der Waals surface area contributed by atoms with Crippen LogP contribution in [0.1, 0.15) is 5.56 Å². The van der Waals surface area contributed by atoms with Gasteiger partial charge in [-0.05, 0) is 5.56 Å². The number of carboxylic acid groups (broad SMARTS) is 1. The highest BCUT2D eigenvalue weighted by molar-refractivity contribution is 5.92. The Morgan fingerprint density at radius 1 is 1.33 bits per heavy atom. The number of carbonyl (C=O) groups is 1. The van der Waals surface area contributed by atoms with E-state index in [2.05, 4.69) is 15.8 Å². The van der Waals surface area contributed by atoms with E-state index in [1.165, 1.54) is 0 Å². The fourth-order valence-corrected chi connectivity index (χ4v) is 1.27. The summed E-state index contributed by atoms with van der Waals surface area (Å²) in [5.41, 5.74) is 6.25. The maximum absolute atomic E-state index is 10.9. The van der Waals surface area contributed by atoms with Crippen LogP contribution >= 0.6 is 0 Å². The van der Waals surface area contributed by atoms with E-state index in [1.54, 1.807) is 0 Å². The number of nitrogens with zero attached hydrogens (tertiary/aromatic N) is 1. The Balaban J connectivity index is 2.07. The van der Waals surface area contributed by atoms with Gasteiger partial charge < -0.3 is 5.11 Å². The Morgan fingerprint density at radius 2 is 2.00 bits per heavy atom. The zero-order chi connectivity index (χ0) is 10.7. The minimum atomic E-state index is -0.915. The molecule has 0 saturated carbocycles. The molecule has 0 aromatic heterocycles. The van der Waals surface area contributed by atoms with Gasteiger partial charge >= 0.3 is 5.97 Å². The summed E-state index contributed by atoms with van der Waals surface area (Å²) in [6.07, 6.45) is 0.406. The van der Waals surface area contributed by atoms with Crippen molar-refractivity contribution in [3.8, 4) is 0 Å². The molecule has 3 N–H and O–H groups in total. The summed E-state index contributed by atoms with van der Waals surface area (Å²) in [4.78, 5) is 14.9. The molecule has 0 spiro atoms. The van der Waals surface area contributed by atoms with Gasteiger partial charge in [0, 0.05) is 6.42 Å². The molecule has 1 saturated heterocycles. The Labute approximate surface area is 86.8 Å².